The second kappa shape index (κ2) is 9.03. The molecule has 1 amide bonds. The van der Waals surface area contributed by atoms with Gasteiger partial charge in [-0.3, -0.25) is 4.79 Å². The average Bonchev–Trinajstić information content (AvgIpc) is 3.16. The summed E-state index contributed by atoms with van der Waals surface area (Å²) in [5, 5.41) is 8.88. The minimum absolute atomic E-state index is 0.00515. The van der Waals surface area contributed by atoms with Crippen molar-refractivity contribution in [2.24, 2.45) is 10.2 Å². The first kappa shape index (κ1) is 20.8. The van der Waals surface area contributed by atoms with Crippen molar-refractivity contribution in [1.82, 2.24) is 5.43 Å². The van der Waals surface area contributed by atoms with E-state index >= 15 is 0 Å². The van der Waals surface area contributed by atoms with E-state index in [2.05, 4.69) is 10.5 Å². The number of benzene rings is 2. The molecule has 3 N–H and O–H groups in total. The highest BCUT2D eigenvalue weighted by Gasteiger charge is 2.09. The molecular formula is C19H16FN3O4S2. The standard InChI is InChI=1S/C19H16FN3O4S2/c20-16-3-1-2-4-18(16)28-12-19(24)23-22-11-14-7-10-17(27-14)13-5-8-15(9-6-13)29(21,25)26/h1-11H,12H2,(H,23,24)(H2,21,25,26)/b22-11+. The van der Waals surface area contributed by atoms with Crippen LogP contribution in [0.1, 0.15) is 5.76 Å². The topological polar surface area (TPSA) is 115 Å². The zero-order chi connectivity index (χ0) is 20.9. The van der Waals surface area contributed by atoms with Crippen molar-refractivity contribution in [2.45, 2.75) is 9.79 Å². The minimum Gasteiger partial charge on any atom is -0.455 e. The maximum absolute atomic E-state index is 13.5. The van der Waals surface area contributed by atoms with E-state index in [1.54, 1.807) is 42.5 Å². The average molecular weight is 433 g/mol. The number of amides is 1. The Morgan fingerprint density at radius 1 is 1.14 bits per heavy atom. The lowest BCUT2D eigenvalue weighted by Crippen LogP contribution is -2.19. The fourth-order valence-electron chi connectivity index (χ4n) is 2.29. The summed E-state index contributed by atoms with van der Waals surface area (Å²) >= 11 is 1.07. The zero-order valence-corrected chi connectivity index (χ0v) is 16.5. The largest absolute Gasteiger partial charge is 0.455 e. The quantitative estimate of drug-likeness (QED) is 0.338. The normalized spacial score (nSPS) is 11.7. The Morgan fingerprint density at radius 2 is 1.86 bits per heavy atom. The summed E-state index contributed by atoms with van der Waals surface area (Å²) in [6.07, 6.45) is 1.33. The number of nitrogens with two attached hydrogens (primary N) is 1. The first-order chi connectivity index (χ1) is 13.8. The number of sulfonamides is 1. The SMILES string of the molecule is NS(=O)(=O)c1ccc(-c2ccc(/C=N/NC(=O)CSc3ccccc3F)o2)cc1. The number of halogens is 1. The van der Waals surface area contributed by atoms with Crippen LogP contribution >= 0.6 is 11.8 Å². The Labute approximate surface area is 170 Å². The Kier molecular flexibility index (Phi) is 6.47. The fourth-order valence-corrected chi connectivity index (χ4v) is 3.54. The molecule has 3 aromatic rings. The van der Waals surface area contributed by atoms with Gasteiger partial charge in [0, 0.05) is 10.5 Å². The van der Waals surface area contributed by atoms with Crippen molar-refractivity contribution in [3.63, 3.8) is 0 Å². The van der Waals surface area contributed by atoms with Crippen LogP contribution in [-0.4, -0.2) is 26.3 Å². The van der Waals surface area contributed by atoms with Crippen LogP contribution < -0.4 is 10.6 Å². The van der Waals surface area contributed by atoms with Gasteiger partial charge in [0.1, 0.15) is 17.3 Å². The molecule has 7 nitrogen and oxygen atoms in total. The second-order valence-corrected chi connectivity index (χ2v) is 8.36. The van der Waals surface area contributed by atoms with Gasteiger partial charge in [0.15, 0.2) is 0 Å². The Morgan fingerprint density at radius 3 is 2.55 bits per heavy atom. The van der Waals surface area contributed by atoms with Gasteiger partial charge in [-0.25, -0.2) is 23.4 Å². The number of primary sulfonamides is 1. The zero-order valence-electron chi connectivity index (χ0n) is 14.9. The lowest BCUT2D eigenvalue weighted by molar-refractivity contribution is -0.118. The second-order valence-electron chi connectivity index (χ2n) is 5.78. The lowest BCUT2D eigenvalue weighted by Gasteiger charge is -2.01. The Balaban J connectivity index is 1.55. The molecule has 0 aliphatic heterocycles. The van der Waals surface area contributed by atoms with Gasteiger partial charge in [-0.05, 0) is 48.5 Å². The Bertz CT molecular complexity index is 1140. The van der Waals surface area contributed by atoms with Crippen molar-refractivity contribution in [3.8, 4) is 11.3 Å². The summed E-state index contributed by atoms with van der Waals surface area (Å²) in [6, 6.07) is 15.4. The highest BCUT2D eigenvalue weighted by atomic mass is 32.2. The molecule has 0 unspecified atom stereocenters. The number of hydrazone groups is 1. The molecule has 0 aliphatic rings. The van der Waals surface area contributed by atoms with Gasteiger partial charge in [0.05, 0.1) is 16.9 Å². The molecule has 3 rings (SSSR count). The molecule has 0 saturated carbocycles. The van der Waals surface area contributed by atoms with Crippen molar-refractivity contribution >= 4 is 33.9 Å². The first-order valence-corrected chi connectivity index (χ1v) is 10.8. The maximum Gasteiger partial charge on any atom is 0.250 e. The van der Waals surface area contributed by atoms with E-state index in [4.69, 9.17) is 9.56 Å². The van der Waals surface area contributed by atoms with E-state index in [0.29, 0.717) is 22.0 Å². The predicted octanol–water partition coefficient (Wildman–Crippen LogP) is 2.98. The minimum atomic E-state index is -3.76. The van der Waals surface area contributed by atoms with Gasteiger partial charge in [-0.15, -0.1) is 11.8 Å². The van der Waals surface area contributed by atoms with Crippen molar-refractivity contribution in [1.29, 1.82) is 0 Å². The van der Waals surface area contributed by atoms with E-state index in [-0.39, 0.29) is 22.4 Å². The Hall–Kier alpha value is -2.95. The molecule has 0 saturated heterocycles. The molecule has 1 heterocycles. The molecule has 0 fully saturated rings. The van der Waals surface area contributed by atoms with Gasteiger partial charge >= 0.3 is 0 Å². The summed E-state index contributed by atoms with van der Waals surface area (Å²) in [6.45, 7) is 0. The number of hydrogen-bond donors (Lipinski definition) is 2. The number of furan rings is 1. The van der Waals surface area contributed by atoms with Crippen LogP contribution in [0, 0.1) is 5.82 Å². The molecule has 0 atom stereocenters. The molecule has 1 aromatic heterocycles. The number of hydrogen-bond acceptors (Lipinski definition) is 6. The molecular weight excluding hydrogens is 417 g/mol. The van der Waals surface area contributed by atoms with Crippen molar-refractivity contribution in [2.75, 3.05) is 5.75 Å². The third kappa shape index (κ3) is 5.76. The summed E-state index contributed by atoms with van der Waals surface area (Å²) in [7, 11) is -3.76. The number of carbonyl (C=O) groups excluding carboxylic acids is 1. The van der Waals surface area contributed by atoms with Crippen LogP contribution in [-0.2, 0) is 14.8 Å². The third-order valence-electron chi connectivity index (χ3n) is 3.67. The first-order valence-electron chi connectivity index (χ1n) is 8.25. The summed E-state index contributed by atoms with van der Waals surface area (Å²) in [5.41, 5.74) is 3.00. The van der Waals surface area contributed by atoms with Crippen LogP contribution in [0.15, 0.2) is 80.0 Å². The molecule has 0 bridgehead atoms. The van der Waals surface area contributed by atoms with Gasteiger partial charge in [-0.2, -0.15) is 5.10 Å². The van der Waals surface area contributed by atoms with Crippen LogP contribution in [0.25, 0.3) is 11.3 Å². The number of nitrogens with one attached hydrogen (secondary N) is 1. The highest BCUT2D eigenvalue weighted by Crippen LogP contribution is 2.23. The van der Waals surface area contributed by atoms with Gasteiger partial charge in [-0.1, -0.05) is 12.1 Å². The monoisotopic (exact) mass is 433 g/mol. The summed E-state index contributed by atoms with van der Waals surface area (Å²) in [4.78, 5) is 12.2. The van der Waals surface area contributed by atoms with Gasteiger partial charge in [0.2, 0.25) is 15.9 Å². The van der Waals surface area contributed by atoms with E-state index in [1.165, 1.54) is 24.4 Å². The number of thioether (sulfide) groups is 1. The van der Waals surface area contributed by atoms with Crippen LogP contribution in [0.4, 0.5) is 4.39 Å². The smallest absolute Gasteiger partial charge is 0.250 e. The fraction of sp³-hybridized carbons (Fsp3) is 0.0526. The maximum atomic E-state index is 13.5. The van der Waals surface area contributed by atoms with Crippen LogP contribution in [0.3, 0.4) is 0 Å². The highest BCUT2D eigenvalue weighted by molar-refractivity contribution is 8.00. The van der Waals surface area contributed by atoms with Gasteiger partial charge < -0.3 is 4.42 Å². The van der Waals surface area contributed by atoms with E-state index < -0.39 is 10.0 Å². The van der Waals surface area contributed by atoms with E-state index in [1.807, 2.05) is 0 Å². The van der Waals surface area contributed by atoms with E-state index in [0.717, 1.165) is 11.8 Å². The van der Waals surface area contributed by atoms with Crippen LogP contribution in [0.5, 0.6) is 0 Å². The third-order valence-corrected chi connectivity index (χ3v) is 5.65. The molecule has 29 heavy (non-hydrogen) atoms. The molecule has 2 aromatic carbocycles. The molecule has 0 aliphatic carbocycles. The summed E-state index contributed by atoms with van der Waals surface area (Å²) < 4.78 is 41.7. The predicted molar refractivity (Wildman–Crippen MR) is 108 cm³/mol. The van der Waals surface area contributed by atoms with Crippen molar-refractivity contribution in [3.05, 3.63) is 72.2 Å². The summed E-state index contributed by atoms with van der Waals surface area (Å²) in [5.74, 6) is 0.123. The van der Waals surface area contributed by atoms with Gasteiger partial charge in [0.25, 0.3) is 0 Å². The molecule has 150 valence electrons. The lowest BCUT2D eigenvalue weighted by atomic mass is 10.2. The molecule has 0 radical (unpaired) electrons. The number of nitrogens with zero attached hydrogens (tertiary/aromatic N) is 1. The van der Waals surface area contributed by atoms with Crippen LogP contribution in [0.2, 0.25) is 0 Å². The number of carbonyl (C=O) groups is 1. The molecule has 0 spiro atoms. The number of rotatable bonds is 7. The van der Waals surface area contributed by atoms with E-state index in [9.17, 15) is 17.6 Å². The molecule has 10 heteroatoms. The van der Waals surface area contributed by atoms with Crippen molar-refractivity contribution < 1.29 is 22.0 Å².